The Morgan fingerprint density at radius 2 is 2.00 bits per heavy atom. The summed E-state index contributed by atoms with van der Waals surface area (Å²) in [6.07, 6.45) is 1.33. The van der Waals surface area contributed by atoms with Gasteiger partial charge in [0.2, 0.25) is 5.91 Å². The number of aromatic nitrogens is 1. The lowest BCUT2D eigenvalue weighted by atomic mass is 10.2. The fraction of sp³-hybridized carbons (Fsp3) is 0.118. The van der Waals surface area contributed by atoms with E-state index in [-0.39, 0.29) is 18.1 Å². The molecule has 0 atom stereocenters. The summed E-state index contributed by atoms with van der Waals surface area (Å²) in [5, 5.41) is 10.5. The molecule has 0 saturated heterocycles. The van der Waals surface area contributed by atoms with Gasteiger partial charge in [-0.2, -0.15) is 0 Å². The number of hydrazine groups is 1. The van der Waals surface area contributed by atoms with Crippen molar-refractivity contribution >= 4 is 23.4 Å². The van der Waals surface area contributed by atoms with Gasteiger partial charge in [0, 0.05) is 23.7 Å². The number of nitrogens with one attached hydrogen (secondary N) is 2. The number of carbonyl (C=O) groups is 2. The molecule has 0 spiro atoms. The maximum Gasteiger partial charge on any atom is 0.292 e. The van der Waals surface area contributed by atoms with E-state index in [0.717, 1.165) is 0 Å². The first-order valence-corrected chi connectivity index (χ1v) is 7.46. The normalized spacial score (nSPS) is 9.52. The summed E-state index contributed by atoms with van der Waals surface area (Å²) in [7, 11) is 0. The van der Waals surface area contributed by atoms with E-state index in [2.05, 4.69) is 27.7 Å². The minimum atomic E-state index is -0.738. The van der Waals surface area contributed by atoms with Crippen LogP contribution >= 0.6 is 11.6 Å². The van der Waals surface area contributed by atoms with Crippen molar-refractivity contribution in [1.82, 2.24) is 15.8 Å². The van der Waals surface area contributed by atoms with E-state index in [1.54, 1.807) is 24.3 Å². The second kappa shape index (κ2) is 8.57. The van der Waals surface area contributed by atoms with E-state index >= 15 is 0 Å². The molecule has 0 saturated carbocycles. The van der Waals surface area contributed by atoms with Crippen LogP contribution in [0.3, 0.4) is 0 Å². The van der Waals surface area contributed by atoms with Gasteiger partial charge in [-0.05, 0) is 30.3 Å². The molecule has 8 heteroatoms. The molecule has 0 aliphatic heterocycles. The highest BCUT2D eigenvalue weighted by Gasteiger charge is 2.13. The van der Waals surface area contributed by atoms with Crippen molar-refractivity contribution in [3.05, 3.63) is 52.8 Å². The molecule has 0 aliphatic rings. The number of aromatic hydroxyl groups is 1. The molecule has 0 aliphatic carbocycles. The number of hydrogen-bond acceptors (Lipinski definition) is 5. The average molecular weight is 360 g/mol. The highest BCUT2D eigenvalue weighted by atomic mass is 35.5. The molecule has 2 aromatic rings. The molecular weight excluding hydrogens is 346 g/mol. The van der Waals surface area contributed by atoms with Gasteiger partial charge < -0.3 is 9.84 Å². The molecule has 0 bridgehead atoms. The predicted molar refractivity (Wildman–Crippen MR) is 91.0 cm³/mol. The minimum Gasteiger partial charge on any atom is -0.505 e. The molecule has 2 amide bonds. The Morgan fingerprint density at radius 1 is 1.28 bits per heavy atom. The minimum absolute atomic E-state index is 0.132. The third-order valence-electron chi connectivity index (χ3n) is 2.79. The van der Waals surface area contributed by atoms with Crippen molar-refractivity contribution in [2.75, 3.05) is 6.61 Å². The summed E-state index contributed by atoms with van der Waals surface area (Å²) in [6, 6.07) is 8.15. The van der Waals surface area contributed by atoms with E-state index in [9.17, 15) is 14.7 Å². The molecule has 3 N–H and O–H groups in total. The lowest BCUT2D eigenvalue weighted by molar-refractivity contribution is -0.119. The number of rotatable bonds is 3. The summed E-state index contributed by atoms with van der Waals surface area (Å²) < 4.78 is 5.41. The van der Waals surface area contributed by atoms with Gasteiger partial charge in [-0.1, -0.05) is 23.4 Å². The summed E-state index contributed by atoms with van der Waals surface area (Å²) >= 11 is 5.77. The summed E-state index contributed by atoms with van der Waals surface area (Å²) in [4.78, 5) is 26.3. The van der Waals surface area contributed by atoms with Gasteiger partial charge in [-0.15, -0.1) is 0 Å². The lowest BCUT2D eigenvalue weighted by Crippen LogP contribution is -2.40. The van der Waals surface area contributed by atoms with Crippen LogP contribution in [0, 0.1) is 11.8 Å². The molecule has 1 aromatic heterocycles. The Kier molecular flexibility index (Phi) is 6.20. The molecule has 0 radical (unpaired) electrons. The van der Waals surface area contributed by atoms with Gasteiger partial charge in [-0.25, -0.2) is 4.98 Å². The van der Waals surface area contributed by atoms with Crippen LogP contribution in [-0.2, 0) is 4.79 Å². The Hall–Kier alpha value is -3.24. The van der Waals surface area contributed by atoms with Gasteiger partial charge in [-0.3, -0.25) is 20.4 Å². The maximum atomic E-state index is 11.7. The quantitative estimate of drug-likeness (QED) is 0.571. The zero-order valence-electron chi connectivity index (χ0n) is 13.2. The number of pyridine rings is 1. The predicted octanol–water partition coefficient (Wildman–Crippen LogP) is 1.65. The maximum absolute atomic E-state index is 11.7. The van der Waals surface area contributed by atoms with Gasteiger partial charge >= 0.3 is 0 Å². The zero-order chi connectivity index (χ0) is 18.2. The van der Waals surface area contributed by atoms with Crippen LogP contribution in [-0.4, -0.2) is 28.5 Å². The molecule has 0 unspecified atom stereocenters. The van der Waals surface area contributed by atoms with E-state index in [1.165, 1.54) is 19.2 Å². The van der Waals surface area contributed by atoms with Crippen molar-refractivity contribution in [3.8, 4) is 23.3 Å². The van der Waals surface area contributed by atoms with Gasteiger partial charge in [0.15, 0.2) is 5.69 Å². The van der Waals surface area contributed by atoms with Crippen LogP contribution in [0.15, 0.2) is 36.5 Å². The standard InChI is InChI=1S/C17H14ClN3O4/c1-11(22)20-21-17(24)16-15(23)9-12(10-19-16)3-2-8-25-14-6-4-13(18)5-7-14/h4-7,9-10,23H,8H2,1H3,(H,20,22)(H,21,24). The Balaban J connectivity index is 1.95. The highest BCUT2D eigenvalue weighted by molar-refractivity contribution is 6.30. The summed E-state index contributed by atoms with van der Waals surface area (Å²) in [5.74, 6) is 4.62. The second-order valence-electron chi connectivity index (χ2n) is 4.77. The number of benzene rings is 1. The number of halogens is 1. The third-order valence-corrected chi connectivity index (χ3v) is 3.04. The molecule has 2 rings (SSSR count). The Morgan fingerprint density at radius 3 is 2.64 bits per heavy atom. The fourth-order valence-corrected chi connectivity index (χ4v) is 1.81. The van der Waals surface area contributed by atoms with Gasteiger partial charge in [0.05, 0.1) is 0 Å². The van der Waals surface area contributed by atoms with Gasteiger partial charge in [0.25, 0.3) is 5.91 Å². The molecular formula is C17H14ClN3O4. The van der Waals surface area contributed by atoms with Crippen molar-refractivity contribution in [2.45, 2.75) is 6.92 Å². The zero-order valence-corrected chi connectivity index (χ0v) is 13.9. The average Bonchev–Trinajstić information content (AvgIpc) is 2.58. The first-order valence-electron chi connectivity index (χ1n) is 7.09. The number of nitrogens with zero attached hydrogens (tertiary/aromatic N) is 1. The fourth-order valence-electron chi connectivity index (χ4n) is 1.69. The van der Waals surface area contributed by atoms with E-state index in [1.807, 2.05) is 0 Å². The van der Waals surface area contributed by atoms with E-state index in [4.69, 9.17) is 16.3 Å². The highest BCUT2D eigenvalue weighted by Crippen LogP contribution is 2.16. The molecule has 7 nitrogen and oxygen atoms in total. The van der Waals surface area contributed by atoms with E-state index < -0.39 is 11.8 Å². The monoisotopic (exact) mass is 359 g/mol. The molecule has 1 heterocycles. The largest absolute Gasteiger partial charge is 0.505 e. The molecule has 1 aromatic carbocycles. The summed E-state index contributed by atoms with van der Waals surface area (Å²) in [6.45, 7) is 1.37. The van der Waals surface area contributed by atoms with Crippen LogP contribution in [0.1, 0.15) is 23.0 Å². The topological polar surface area (TPSA) is 101 Å². The Bertz CT molecular complexity index is 841. The number of amides is 2. The van der Waals surface area contributed by atoms with Crippen molar-refractivity contribution in [1.29, 1.82) is 0 Å². The Labute approximate surface area is 149 Å². The van der Waals surface area contributed by atoms with Crippen LogP contribution in [0.2, 0.25) is 5.02 Å². The van der Waals surface area contributed by atoms with Gasteiger partial charge in [0.1, 0.15) is 18.1 Å². The van der Waals surface area contributed by atoms with Crippen LogP contribution < -0.4 is 15.6 Å². The molecule has 25 heavy (non-hydrogen) atoms. The second-order valence-corrected chi connectivity index (χ2v) is 5.21. The van der Waals surface area contributed by atoms with E-state index in [0.29, 0.717) is 16.3 Å². The number of ether oxygens (including phenoxy) is 1. The first-order chi connectivity index (χ1) is 12.0. The molecule has 128 valence electrons. The molecule has 0 fully saturated rings. The first kappa shape index (κ1) is 18.1. The number of hydrogen-bond donors (Lipinski definition) is 3. The van der Waals surface area contributed by atoms with Crippen molar-refractivity contribution in [3.63, 3.8) is 0 Å². The summed E-state index contributed by atoms with van der Waals surface area (Å²) in [5.41, 5.74) is 4.40. The number of carbonyl (C=O) groups excluding carboxylic acids is 2. The van der Waals surface area contributed by atoms with Crippen LogP contribution in [0.25, 0.3) is 0 Å². The third kappa shape index (κ3) is 5.71. The van der Waals surface area contributed by atoms with Crippen LogP contribution in [0.4, 0.5) is 0 Å². The van der Waals surface area contributed by atoms with Crippen molar-refractivity contribution in [2.24, 2.45) is 0 Å². The SMILES string of the molecule is CC(=O)NNC(=O)c1ncc(C#CCOc2ccc(Cl)cc2)cc1O. The smallest absolute Gasteiger partial charge is 0.292 e. The van der Waals surface area contributed by atoms with Crippen LogP contribution in [0.5, 0.6) is 11.5 Å². The van der Waals surface area contributed by atoms with Crippen molar-refractivity contribution < 1.29 is 19.4 Å². The lowest BCUT2D eigenvalue weighted by Gasteiger charge is -2.06.